The maximum absolute atomic E-state index is 13.1. The zero-order valence-corrected chi connectivity index (χ0v) is 17.1. The third-order valence-electron chi connectivity index (χ3n) is 5.55. The van der Waals surface area contributed by atoms with E-state index in [1.807, 2.05) is 66.2 Å². The average Bonchev–Trinajstić information content (AvgIpc) is 3.42. The minimum atomic E-state index is -0.343. The largest absolute Gasteiger partial charge is 0.396 e. The number of aliphatic hydroxyl groups excluding tert-OH is 1. The van der Waals surface area contributed by atoms with Gasteiger partial charge in [-0.15, -0.1) is 0 Å². The van der Waals surface area contributed by atoms with Crippen LogP contribution in [0.3, 0.4) is 0 Å². The molecule has 2 heterocycles. The molecular formula is C24H27N3O3. The lowest BCUT2D eigenvalue weighted by molar-refractivity contribution is -0.121. The highest BCUT2D eigenvalue weighted by Gasteiger charge is 2.37. The van der Waals surface area contributed by atoms with Crippen molar-refractivity contribution in [3.8, 4) is 5.69 Å². The van der Waals surface area contributed by atoms with E-state index in [0.717, 1.165) is 34.6 Å². The molecule has 4 rings (SSSR count). The highest BCUT2D eigenvalue weighted by Crippen LogP contribution is 2.36. The van der Waals surface area contributed by atoms with Gasteiger partial charge in [-0.3, -0.25) is 4.79 Å². The summed E-state index contributed by atoms with van der Waals surface area (Å²) in [6.45, 7) is 2.74. The van der Waals surface area contributed by atoms with Gasteiger partial charge in [0.05, 0.1) is 17.3 Å². The number of nitrogens with one attached hydrogen (secondary N) is 1. The van der Waals surface area contributed by atoms with Crippen molar-refractivity contribution in [1.82, 2.24) is 9.78 Å². The minimum Gasteiger partial charge on any atom is -0.396 e. The number of hydrogen-bond donors (Lipinski definition) is 2. The van der Waals surface area contributed by atoms with E-state index in [9.17, 15) is 4.79 Å². The normalized spacial score (nSPS) is 18.5. The van der Waals surface area contributed by atoms with E-state index in [1.165, 1.54) is 0 Å². The van der Waals surface area contributed by atoms with E-state index in [0.29, 0.717) is 19.4 Å². The summed E-state index contributed by atoms with van der Waals surface area (Å²) in [5, 5.41) is 16.6. The first-order valence-corrected chi connectivity index (χ1v) is 10.4. The molecule has 6 nitrogen and oxygen atoms in total. The first kappa shape index (κ1) is 20.3. The number of amides is 1. The Morgan fingerprint density at radius 2 is 2.10 bits per heavy atom. The van der Waals surface area contributed by atoms with Gasteiger partial charge in [0.1, 0.15) is 6.10 Å². The second-order valence-electron chi connectivity index (χ2n) is 7.66. The Kier molecular flexibility index (Phi) is 6.26. The number of rotatable bonds is 7. The molecule has 2 N–H and O–H groups in total. The summed E-state index contributed by atoms with van der Waals surface area (Å²) >= 11 is 0. The molecule has 1 saturated heterocycles. The van der Waals surface area contributed by atoms with Crippen molar-refractivity contribution in [1.29, 1.82) is 0 Å². The summed E-state index contributed by atoms with van der Waals surface area (Å²) in [5.41, 5.74) is 4.86. The van der Waals surface area contributed by atoms with Crippen molar-refractivity contribution in [2.45, 2.75) is 32.3 Å². The number of benzene rings is 2. The number of anilines is 1. The van der Waals surface area contributed by atoms with E-state index >= 15 is 0 Å². The van der Waals surface area contributed by atoms with Crippen LogP contribution in [0.4, 0.5) is 5.69 Å². The quantitative estimate of drug-likeness (QED) is 0.627. The molecule has 1 aliphatic rings. The van der Waals surface area contributed by atoms with E-state index < -0.39 is 0 Å². The second kappa shape index (κ2) is 9.24. The predicted octanol–water partition coefficient (Wildman–Crippen LogP) is 3.82. The lowest BCUT2D eigenvalue weighted by Gasteiger charge is -2.20. The molecule has 0 aliphatic carbocycles. The Morgan fingerprint density at radius 3 is 2.93 bits per heavy atom. The zero-order valence-electron chi connectivity index (χ0n) is 17.1. The molecule has 156 valence electrons. The first-order chi connectivity index (χ1) is 14.7. The average molecular weight is 405 g/mol. The predicted molar refractivity (Wildman–Crippen MR) is 116 cm³/mol. The van der Waals surface area contributed by atoms with Gasteiger partial charge in [0.2, 0.25) is 5.91 Å². The van der Waals surface area contributed by atoms with Gasteiger partial charge in [-0.05, 0) is 61.6 Å². The molecule has 3 aromatic rings. The third kappa shape index (κ3) is 4.30. The molecule has 2 aromatic carbocycles. The number of carbonyl (C=O) groups excluding carboxylic acids is 1. The monoisotopic (exact) mass is 405 g/mol. The number of para-hydroxylation sites is 1. The molecule has 0 saturated carbocycles. The van der Waals surface area contributed by atoms with E-state index in [2.05, 4.69) is 10.4 Å². The smallest absolute Gasteiger partial charge is 0.230 e. The van der Waals surface area contributed by atoms with Crippen LogP contribution in [0.25, 0.3) is 5.69 Å². The minimum absolute atomic E-state index is 0.0469. The second-order valence-corrected chi connectivity index (χ2v) is 7.66. The summed E-state index contributed by atoms with van der Waals surface area (Å²) in [4.78, 5) is 13.1. The molecule has 1 aromatic heterocycles. The van der Waals surface area contributed by atoms with Crippen molar-refractivity contribution < 1.29 is 14.6 Å². The van der Waals surface area contributed by atoms with E-state index in [-0.39, 0.29) is 24.5 Å². The van der Waals surface area contributed by atoms with Gasteiger partial charge in [0, 0.05) is 25.1 Å². The Labute approximate surface area is 176 Å². The van der Waals surface area contributed by atoms with E-state index in [4.69, 9.17) is 9.84 Å². The summed E-state index contributed by atoms with van der Waals surface area (Å²) in [6.07, 6.45) is 3.57. The summed E-state index contributed by atoms with van der Waals surface area (Å²) < 4.78 is 7.87. The van der Waals surface area contributed by atoms with Crippen molar-refractivity contribution in [3.63, 3.8) is 0 Å². The number of ether oxygens (including phenoxy) is 1. The van der Waals surface area contributed by atoms with Crippen molar-refractivity contribution >= 4 is 11.6 Å². The topological polar surface area (TPSA) is 76.4 Å². The Morgan fingerprint density at radius 1 is 1.23 bits per heavy atom. The molecule has 0 unspecified atom stereocenters. The highest BCUT2D eigenvalue weighted by molar-refractivity contribution is 5.93. The molecule has 1 fully saturated rings. The van der Waals surface area contributed by atoms with Crippen LogP contribution >= 0.6 is 0 Å². The summed E-state index contributed by atoms with van der Waals surface area (Å²) in [7, 11) is 0. The van der Waals surface area contributed by atoms with Crippen molar-refractivity contribution in [2.75, 3.05) is 18.5 Å². The fourth-order valence-corrected chi connectivity index (χ4v) is 4.00. The van der Waals surface area contributed by atoms with Gasteiger partial charge >= 0.3 is 0 Å². The zero-order chi connectivity index (χ0) is 20.9. The van der Waals surface area contributed by atoms with Crippen LogP contribution in [0.2, 0.25) is 0 Å². The molecule has 0 radical (unpaired) electrons. The Bertz CT molecular complexity index is 1010. The van der Waals surface area contributed by atoms with Crippen LogP contribution in [-0.4, -0.2) is 34.0 Å². The van der Waals surface area contributed by atoms with Gasteiger partial charge in [0.15, 0.2) is 0 Å². The van der Waals surface area contributed by atoms with Gasteiger partial charge in [0.25, 0.3) is 0 Å². The maximum atomic E-state index is 13.1. The van der Waals surface area contributed by atoms with Crippen LogP contribution in [0.5, 0.6) is 0 Å². The SMILES string of the molecule is Cc1ccccc1-n1nccc1[C@H]1OCC[C@@H]1C(=O)Nc1cccc(CCCO)c1. The van der Waals surface area contributed by atoms with Gasteiger partial charge in [-0.25, -0.2) is 4.68 Å². The molecule has 1 amide bonds. The molecule has 1 aliphatic heterocycles. The number of aliphatic hydroxyl groups is 1. The molecular weight excluding hydrogens is 378 g/mol. The van der Waals surface area contributed by atoms with Gasteiger partial charge in [-0.1, -0.05) is 30.3 Å². The number of nitrogens with zero attached hydrogens (tertiary/aromatic N) is 2. The van der Waals surface area contributed by atoms with Crippen LogP contribution in [0.15, 0.2) is 60.8 Å². The van der Waals surface area contributed by atoms with Gasteiger partial charge < -0.3 is 15.2 Å². The lowest BCUT2D eigenvalue weighted by atomic mass is 9.97. The standard InChI is InChI=1S/C24H27N3O3/c1-17-6-2-3-10-21(17)27-22(11-13-25-27)23-20(12-15-30-23)24(29)26-19-9-4-7-18(16-19)8-5-14-28/h2-4,6-7,9-11,13,16,20,23,28H,5,8,12,14-15H2,1H3,(H,26,29)/t20-,23-/m0/s1. The number of aryl methyl sites for hydroxylation is 2. The summed E-state index contributed by atoms with van der Waals surface area (Å²) in [6, 6.07) is 17.8. The molecule has 6 heteroatoms. The van der Waals surface area contributed by atoms with Crippen LogP contribution in [0.1, 0.15) is 35.8 Å². The molecule has 30 heavy (non-hydrogen) atoms. The number of hydrogen-bond acceptors (Lipinski definition) is 4. The van der Waals surface area contributed by atoms with Crippen molar-refractivity contribution in [3.05, 3.63) is 77.6 Å². The van der Waals surface area contributed by atoms with Crippen LogP contribution in [0, 0.1) is 12.8 Å². The van der Waals surface area contributed by atoms with Crippen molar-refractivity contribution in [2.24, 2.45) is 5.92 Å². The Hall–Kier alpha value is -2.96. The van der Waals surface area contributed by atoms with Gasteiger partial charge in [-0.2, -0.15) is 5.10 Å². The summed E-state index contributed by atoms with van der Waals surface area (Å²) in [5.74, 6) is -0.333. The van der Waals surface area contributed by atoms with E-state index in [1.54, 1.807) is 6.20 Å². The molecule has 0 spiro atoms. The fourth-order valence-electron chi connectivity index (χ4n) is 4.00. The fraction of sp³-hybridized carbons (Fsp3) is 0.333. The molecule has 2 atom stereocenters. The number of carbonyl (C=O) groups is 1. The third-order valence-corrected chi connectivity index (χ3v) is 5.55. The molecule has 0 bridgehead atoms. The number of aromatic nitrogens is 2. The first-order valence-electron chi connectivity index (χ1n) is 10.4. The Balaban J connectivity index is 1.53. The maximum Gasteiger partial charge on any atom is 0.230 e. The van der Waals surface area contributed by atoms with Crippen LogP contribution < -0.4 is 5.32 Å². The highest BCUT2D eigenvalue weighted by atomic mass is 16.5. The van der Waals surface area contributed by atoms with Crippen LogP contribution in [-0.2, 0) is 16.0 Å². The lowest BCUT2D eigenvalue weighted by Crippen LogP contribution is -2.26.